The summed E-state index contributed by atoms with van der Waals surface area (Å²) in [5.74, 6) is -0.463. The van der Waals surface area contributed by atoms with Gasteiger partial charge in [-0.05, 0) is 43.2 Å². The van der Waals surface area contributed by atoms with E-state index < -0.39 is 12.0 Å². The van der Waals surface area contributed by atoms with Gasteiger partial charge in [0.15, 0.2) is 4.80 Å². The lowest BCUT2D eigenvalue weighted by atomic mass is 9.96. The Morgan fingerprint density at radius 3 is 2.55 bits per heavy atom. The van der Waals surface area contributed by atoms with Gasteiger partial charge in [-0.15, -0.1) is 0 Å². The number of carbonyl (C=O) groups is 1. The van der Waals surface area contributed by atoms with Crippen LogP contribution in [0, 0.1) is 0 Å². The Hall–Kier alpha value is -4.20. The highest BCUT2D eigenvalue weighted by molar-refractivity contribution is 7.07. The highest BCUT2D eigenvalue weighted by Crippen LogP contribution is 2.31. The maximum absolute atomic E-state index is 14.0. The number of halogens is 1. The molecule has 0 saturated carbocycles. The van der Waals surface area contributed by atoms with Gasteiger partial charge in [-0.1, -0.05) is 89.7 Å². The lowest BCUT2D eigenvalue weighted by molar-refractivity contribution is -0.139. The zero-order chi connectivity index (χ0) is 27.8. The predicted octanol–water partition coefficient (Wildman–Crippen LogP) is 5.45. The van der Waals surface area contributed by atoms with Crippen molar-refractivity contribution in [3.63, 3.8) is 0 Å². The van der Waals surface area contributed by atoms with Gasteiger partial charge >= 0.3 is 5.97 Å². The number of allylic oxidation sites excluding steroid dienone is 1. The molecule has 0 bridgehead atoms. The minimum absolute atomic E-state index is 0.199. The number of aromatic nitrogens is 2. The van der Waals surface area contributed by atoms with Crippen molar-refractivity contribution >= 4 is 45.9 Å². The minimum Gasteiger partial charge on any atom is -0.463 e. The van der Waals surface area contributed by atoms with Crippen molar-refractivity contribution in [2.75, 3.05) is 6.61 Å². The van der Waals surface area contributed by atoms with Crippen LogP contribution in [0.4, 0.5) is 0 Å². The molecule has 1 unspecified atom stereocenters. The summed E-state index contributed by atoms with van der Waals surface area (Å²) in [5.41, 5.74) is 4.54. The summed E-state index contributed by atoms with van der Waals surface area (Å²) in [6.45, 7) is 4.40. The van der Waals surface area contributed by atoms with Crippen LogP contribution in [0.15, 0.2) is 106 Å². The molecule has 1 atom stereocenters. The number of para-hydroxylation sites is 1. The van der Waals surface area contributed by atoms with Crippen molar-refractivity contribution < 1.29 is 9.53 Å². The van der Waals surface area contributed by atoms with Gasteiger partial charge in [0.05, 0.1) is 28.5 Å². The molecule has 3 heterocycles. The van der Waals surface area contributed by atoms with E-state index in [0.29, 0.717) is 32.2 Å². The standard InChI is InChI=1S/C32H26ClN3O3S/c1-3-39-31(38)28-20(2)34-32-36(29(28)21-11-5-4-6-12-21)30(37)27(40-32)17-23-19-35(26-16-10-8-14-24(23)26)18-22-13-7-9-15-25(22)33/h4-17,19,29H,3,18H2,1-2H3. The predicted molar refractivity (Wildman–Crippen MR) is 159 cm³/mol. The van der Waals surface area contributed by atoms with Crippen molar-refractivity contribution in [1.29, 1.82) is 0 Å². The van der Waals surface area contributed by atoms with Gasteiger partial charge in [0.25, 0.3) is 5.56 Å². The molecule has 0 amide bonds. The second kappa shape index (κ2) is 10.8. The summed E-state index contributed by atoms with van der Waals surface area (Å²) in [5, 5.41) is 1.74. The van der Waals surface area contributed by atoms with Gasteiger partial charge in [-0.2, -0.15) is 0 Å². The van der Waals surface area contributed by atoms with E-state index in [1.807, 2.05) is 72.8 Å². The van der Waals surface area contributed by atoms with Crippen molar-refractivity contribution in [3.8, 4) is 0 Å². The van der Waals surface area contributed by atoms with Crippen LogP contribution in [0.3, 0.4) is 0 Å². The van der Waals surface area contributed by atoms with Gasteiger partial charge < -0.3 is 9.30 Å². The molecule has 0 N–H and O–H groups in total. The summed E-state index contributed by atoms with van der Waals surface area (Å²) in [6.07, 6.45) is 3.97. The van der Waals surface area contributed by atoms with Crippen LogP contribution in [0.25, 0.3) is 17.0 Å². The second-order valence-electron chi connectivity index (χ2n) is 9.53. The normalized spacial score (nSPS) is 15.3. The molecule has 6 rings (SSSR count). The van der Waals surface area contributed by atoms with Gasteiger partial charge in [-0.3, -0.25) is 9.36 Å². The first-order valence-electron chi connectivity index (χ1n) is 13.0. The van der Waals surface area contributed by atoms with E-state index in [-0.39, 0.29) is 12.2 Å². The second-order valence-corrected chi connectivity index (χ2v) is 11.0. The molecular formula is C32H26ClN3O3S. The maximum Gasteiger partial charge on any atom is 0.338 e. The first kappa shape index (κ1) is 26.0. The number of thiazole rings is 1. The quantitative estimate of drug-likeness (QED) is 0.256. The molecule has 0 spiro atoms. The molecule has 0 saturated heterocycles. The molecule has 0 radical (unpaired) electrons. The third kappa shape index (κ3) is 4.61. The van der Waals surface area contributed by atoms with Gasteiger partial charge in [0.2, 0.25) is 0 Å². The molecule has 0 fully saturated rings. The summed E-state index contributed by atoms with van der Waals surface area (Å²) >= 11 is 7.78. The summed E-state index contributed by atoms with van der Waals surface area (Å²) in [7, 11) is 0. The third-order valence-electron chi connectivity index (χ3n) is 7.04. The van der Waals surface area contributed by atoms with Gasteiger partial charge in [-0.25, -0.2) is 9.79 Å². The van der Waals surface area contributed by atoms with Crippen LogP contribution in [0.1, 0.15) is 36.6 Å². The molecule has 6 nitrogen and oxygen atoms in total. The minimum atomic E-state index is -0.625. The van der Waals surface area contributed by atoms with E-state index in [1.54, 1.807) is 18.4 Å². The van der Waals surface area contributed by atoms with Crippen LogP contribution in [-0.4, -0.2) is 21.7 Å². The lowest BCUT2D eigenvalue weighted by Crippen LogP contribution is -2.39. The summed E-state index contributed by atoms with van der Waals surface area (Å²) in [6, 6.07) is 24.8. The third-order valence-corrected chi connectivity index (χ3v) is 8.39. The SMILES string of the molecule is CCOC(=O)C1=C(C)N=c2sc(=Cc3cn(Cc4ccccc4Cl)c4ccccc34)c(=O)n2C1c1ccccc1. The topological polar surface area (TPSA) is 65.6 Å². The van der Waals surface area contributed by atoms with E-state index in [2.05, 4.69) is 27.9 Å². The number of hydrogen-bond acceptors (Lipinski definition) is 5. The first-order valence-corrected chi connectivity index (χ1v) is 14.2. The van der Waals surface area contributed by atoms with E-state index in [0.717, 1.165) is 27.6 Å². The number of fused-ring (bicyclic) bond motifs is 2. The number of ether oxygens (including phenoxy) is 1. The molecule has 0 aliphatic carbocycles. The average molecular weight is 568 g/mol. The Morgan fingerprint density at radius 1 is 1.05 bits per heavy atom. The fourth-order valence-corrected chi connectivity index (χ4v) is 6.45. The van der Waals surface area contributed by atoms with Gasteiger partial charge in [0, 0.05) is 34.2 Å². The lowest BCUT2D eigenvalue weighted by Gasteiger charge is -2.24. The van der Waals surface area contributed by atoms with Crippen molar-refractivity contribution in [2.24, 2.45) is 4.99 Å². The fraction of sp³-hybridized carbons (Fsp3) is 0.156. The number of nitrogens with zero attached hydrogens (tertiary/aromatic N) is 3. The average Bonchev–Trinajstić information content (AvgIpc) is 3.46. The Bertz CT molecular complexity index is 1970. The van der Waals surface area contributed by atoms with E-state index in [9.17, 15) is 9.59 Å². The molecule has 2 aromatic heterocycles. The maximum atomic E-state index is 14.0. The van der Waals surface area contributed by atoms with E-state index in [4.69, 9.17) is 16.3 Å². The molecule has 3 aromatic carbocycles. The largest absolute Gasteiger partial charge is 0.463 e. The molecule has 200 valence electrons. The van der Waals surface area contributed by atoms with Crippen LogP contribution >= 0.6 is 22.9 Å². The Kier molecular flexibility index (Phi) is 7.00. The summed E-state index contributed by atoms with van der Waals surface area (Å²) < 4.78 is 9.69. The Balaban J connectivity index is 1.52. The van der Waals surface area contributed by atoms with Crippen LogP contribution < -0.4 is 14.9 Å². The number of benzene rings is 3. The van der Waals surface area contributed by atoms with Gasteiger partial charge in [0.1, 0.15) is 0 Å². The zero-order valence-corrected chi connectivity index (χ0v) is 23.6. The molecule has 1 aliphatic heterocycles. The molecule has 1 aliphatic rings. The molecule has 8 heteroatoms. The summed E-state index contributed by atoms with van der Waals surface area (Å²) in [4.78, 5) is 32.3. The highest BCUT2D eigenvalue weighted by Gasteiger charge is 2.33. The molecular weight excluding hydrogens is 542 g/mol. The first-order chi connectivity index (χ1) is 19.5. The number of carbonyl (C=O) groups excluding carboxylic acids is 1. The van der Waals surface area contributed by atoms with E-state index in [1.165, 1.54) is 11.3 Å². The Labute approximate surface area is 239 Å². The number of rotatable bonds is 6. The number of esters is 1. The van der Waals surface area contributed by atoms with Crippen LogP contribution in [-0.2, 0) is 16.1 Å². The molecule has 40 heavy (non-hydrogen) atoms. The Morgan fingerprint density at radius 2 is 1.77 bits per heavy atom. The van der Waals surface area contributed by atoms with Crippen LogP contribution in [0.5, 0.6) is 0 Å². The monoisotopic (exact) mass is 567 g/mol. The van der Waals surface area contributed by atoms with Crippen molar-refractivity contribution in [3.05, 3.63) is 138 Å². The fourth-order valence-electron chi connectivity index (χ4n) is 5.21. The van der Waals surface area contributed by atoms with Crippen LogP contribution in [0.2, 0.25) is 5.02 Å². The van der Waals surface area contributed by atoms with Crippen molar-refractivity contribution in [1.82, 2.24) is 9.13 Å². The smallest absolute Gasteiger partial charge is 0.338 e. The van der Waals surface area contributed by atoms with E-state index >= 15 is 0 Å². The zero-order valence-electron chi connectivity index (χ0n) is 22.0. The van der Waals surface area contributed by atoms with Crippen molar-refractivity contribution in [2.45, 2.75) is 26.4 Å². The molecule has 5 aromatic rings. The number of hydrogen-bond donors (Lipinski definition) is 0. The highest BCUT2D eigenvalue weighted by atomic mass is 35.5.